The number of nitrogens with zero attached hydrogens (tertiary/aromatic N) is 3. The summed E-state index contributed by atoms with van der Waals surface area (Å²) in [6.07, 6.45) is 4.51. The molecule has 0 saturated carbocycles. The Morgan fingerprint density at radius 1 is 1.50 bits per heavy atom. The molecule has 126 valence electrons. The smallest absolute Gasteiger partial charge is 0.226 e. The molecular formula is C17H20N4O2S. The first-order valence-electron chi connectivity index (χ1n) is 7.96. The molecule has 0 radical (unpaired) electrons. The molecule has 6 nitrogen and oxygen atoms in total. The maximum Gasteiger partial charge on any atom is 0.226 e. The predicted molar refractivity (Wildman–Crippen MR) is 91.2 cm³/mol. The number of aryl methyl sites for hydroxylation is 1. The van der Waals surface area contributed by atoms with Crippen LogP contribution < -0.4 is 5.32 Å². The quantitative estimate of drug-likeness (QED) is 0.899. The molecule has 0 bridgehead atoms. The summed E-state index contributed by atoms with van der Waals surface area (Å²) in [4.78, 5) is 34.9. The lowest BCUT2D eigenvalue weighted by Gasteiger charge is -2.24. The van der Waals surface area contributed by atoms with E-state index in [1.807, 2.05) is 17.5 Å². The third-order valence-corrected chi connectivity index (χ3v) is 5.34. The van der Waals surface area contributed by atoms with E-state index in [2.05, 4.69) is 22.2 Å². The van der Waals surface area contributed by atoms with Crippen LogP contribution in [0.3, 0.4) is 0 Å². The number of hydrogen-bond donors (Lipinski definition) is 1. The lowest BCUT2D eigenvalue weighted by Crippen LogP contribution is -2.34. The molecule has 2 atom stereocenters. The van der Waals surface area contributed by atoms with Gasteiger partial charge in [0.15, 0.2) is 0 Å². The van der Waals surface area contributed by atoms with Gasteiger partial charge in [-0.25, -0.2) is 4.98 Å². The van der Waals surface area contributed by atoms with Crippen molar-refractivity contribution in [2.45, 2.75) is 32.4 Å². The standard InChI is InChI=1S/C17H20N4O2S/c1-3-14-20-12(10-24-14)9-19-17(23)13-7-15(22)21(2)16(13)11-5-4-6-18-8-11/h4-6,8,10,13,16H,3,7,9H2,1-2H3,(H,19,23)/t13-,16+/m1/s1. The largest absolute Gasteiger partial charge is 0.350 e. The average molecular weight is 344 g/mol. The number of aromatic nitrogens is 2. The van der Waals surface area contributed by atoms with E-state index >= 15 is 0 Å². The molecule has 2 aromatic heterocycles. The summed E-state index contributed by atoms with van der Waals surface area (Å²) in [7, 11) is 1.74. The summed E-state index contributed by atoms with van der Waals surface area (Å²) < 4.78 is 0. The monoisotopic (exact) mass is 344 g/mol. The second-order valence-electron chi connectivity index (χ2n) is 5.85. The van der Waals surface area contributed by atoms with Gasteiger partial charge in [-0.15, -0.1) is 11.3 Å². The minimum Gasteiger partial charge on any atom is -0.350 e. The van der Waals surface area contributed by atoms with Gasteiger partial charge in [-0.1, -0.05) is 13.0 Å². The van der Waals surface area contributed by atoms with Gasteiger partial charge in [0.1, 0.15) is 0 Å². The molecule has 1 aliphatic rings. The fourth-order valence-electron chi connectivity index (χ4n) is 3.01. The predicted octanol–water partition coefficient (Wildman–Crippen LogP) is 1.94. The first-order chi connectivity index (χ1) is 11.6. The van der Waals surface area contributed by atoms with Crippen molar-refractivity contribution in [1.29, 1.82) is 0 Å². The van der Waals surface area contributed by atoms with E-state index < -0.39 is 5.92 Å². The zero-order valence-electron chi connectivity index (χ0n) is 13.7. The third-order valence-electron chi connectivity index (χ3n) is 4.29. The normalized spacial score (nSPS) is 20.4. The number of nitrogens with one attached hydrogen (secondary N) is 1. The van der Waals surface area contributed by atoms with Gasteiger partial charge in [0.05, 0.1) is 29.2 Å². The molecule has 1 N–H and O–H groups in total. The molecule has 2 amide bonds. The van der Waals surface area contributed by atoms with Crippen LogP contribution in [0.5, 0.6) is 0 Å². The van der Waals surface area contributed by atoms with Gasteiger partial charge >= 0.3 is 0 Å². The molecule has 1 fully saturated rings. The van der Waals surface area contributed by atoms with E-state index in [0.29, 0.717) is 6.54 Å². The molecule has 2 aromatic rings. The SMILES string of the molecule is CCc1nc(CNC(=O)[C@@H]2CC(=O)N(C)[C@H]2c2cccnc2)cs1. The first-order valence-corrected chi connectivity index (χ1v) is 8.84. The highest BCUT2D eigenvalue weighted by atomic mass is 32.1. The Hall–Kier alpha value is -2.28. The van der Waals surface area contributed by atoms with Crippen molar-refractivity contribution in [2.24, 2.45) is 5.92 Å². The molecule has 24 heavy (non-hydrogen) atoms. The van der Waals surface area contributed by atoms with Gasteiger partial charge in [-0.3, -0.25) is 14.6 Å². The molecule has 0 aliphatic carbocycles. The topological polar surface area (TPSA) is 75.2 Å². The lowest BCUT2D eigenvalue weighted by atomic mass is 9.94. The van der Waals surface area contributed by atoms with Crippen LogP contribution in [0.1, 0.15) is 35.7 Å². The summed E-state index contributed by atoms with van der Waals surface area (Å²) in [5.41, 5.74) is 1.74. The highest BCUT2D eigenvalue weighted by molar-refractivity contribution is 7.09. The van der Waals surface area contributed by atoms with Crippen molar-refractivity contribution in [2.75, 3.05) is 7.05 Å². The summed E-state index contributed by atoms with van der Waals surface area (Å²) in [5.74, 6) is -0.547. The fraction of sp³-hybridized carbons (Fsp3) is 0.412. The molecular weight excluding hydrogens is 324 g/mol. The van der Waals surface area contributed by atoms with Crippen LogP contribution in [0.15, 0.2) is 29.9 Å². The van der Waals surface area contributed by atoms with Crippen LogP contribution in [0.2, 0.25) is 0 Å². The van der Waals surface area contributed by atoms with Crippen LogP contribution in [0.25, 0.3) is 0 Å². The van der Waals surface area contributed by atoms with E-state index in [0.717, 1.165) is 22.7 Å². The van der Waals surface area contributed by atoms with Gasteiger partial charge in [0.25, 0.3) is 0 Å². The van der Waals surface area contributed by atoms with Gasteiger partial charge in [-0.05, 0) is 18.1 Å². The summed E-state index contributed by atoms with van der Waals surface area (Å²) in [6.45, 7) is 2.45. The van der Waals surface area contributed by atoms with Crippen molar-refractivity contribution >= 4 is 23.2 Å². The number of rotatable bonds is 5. The molecule has 1 saturated heterocycles. The molecule has 0 aromatic carbocycles. The maximum atomic E-state index is 12.6. The average Bonchev–Trinajstić information content (AvgIpc) is 3.18. The molecule has 0 unspecified atom stereocenters. The Balaban J connectivity index is 1.71. The Morgan fingerprint density at radius 3 is 3.00 bits per heavy atom. The number of likely N-dealkylation sites (tertiary alicyclic amines) is 1. The Bertz CT molecular complexity index is 731. The highest BCUT2D eigenvalue weighted by Gasteiger charge is 2.42. The van der Waals surface area contributed by atoms with Crippen molar-refractivity contribution in [1.82, 2.24) is 20.2 Å². The maximum absolute atomic E-state index is 12.6. The van der Waals surface area contributed by atoms with Crippen molar-refractivity contribution in [3.63, 3.8) is 0 Å². The lowest BCUT2D eigenvalue weighted by molar-refractivity contribution is -0.128. The first kappa shape index (κ1) is 16.6. The second kappa shape index (κ2) is 7.09. The zero-order valence-corrected chi connectivity index (χ0v) is 14.5. The number of thiazole rings is 1. The van der Waals surface area contributed by atoms with Gasteiger partial charge in [0, 0.05) is 31.2 Å². The van der Waals surface area contributed by atoms with Crippen LogP contribution >= 0.6 is 11.3 Å². The summed E-state index contributed by atoms with van der Waals surface area (Å²) in [5, 5.41) is 5.95. The molecule has 7 heteroatoms. The van der Waals surface area contributed by atoms with Gasteiger partial charge in [-0.2, -0.15) is 0 Å². The fourth-order valence-corrected chi connectivity index (χ4v) is 3.76. The van der Waals surface area contributed by atoms with Gasteiger partial charge in [0.2, 0.25) is 11.8 Å². The van der Waals surface area contributed by atoms with E-state index in [1.54, 1.807) is 35.7 Å². The van der Waals surface area contributed by atoms with E-state index in [4.69, 9.17) is 0 Å². The van der Waals surface area contributed by atoms with Crippen LogP contribution in [0.4, 0.5) is 0 Å². The van der Waals surface area contributed by atoms with E-state index in [-0.39, 0.29) is 24.3 Å². The van der Waals surface area contributed by atoms with Crippen LogP contribution in [-0.4, -0.2) is 33.7 Å². The Morgan fingerprint density at radius 2 is 2.33 bits per heavy atom. The van der Waals surface area contributed by atoms with Crippen molar-refractivity contribution in [3.05, 3.63) is 46.2 Å². The van der Waals surface area contributed by atoms with Crippen LogP contribution in [0, 0.1) is 5.92 Å². The molecule has 3 rings (SSSR count). The number of amides is 2. The van der Waals surface area contributed by atoms with Crippen molar-refractivity contribution in [3.8, 4) is 0 Å². The summed E-state index contributed by atoms with van der Waals surface area (Å²) >= 11 is 1.60. The summed E-state index contributed by atoms with van der Waals surface area (Å²) in [6, 6.07) is 3.46. The minimum atomic E-state index is -0.406. The third kappa shape index (κ3) is 3.31. The van der Waals surface area contributed by atoms with Gasteiger partial charge < -0.3 is 10.2 Å². The Labute approximate surface area is 144 Å². The molecule has 3 heterocycles. The van der Waals surface area contributed by atoms with Crippen molar-refractivity contribution < 1.29 is 9.59 Å². The van der Waals surface area contributed by atoms with E-state index in [1.165, 1.54) is 0 Å². The Kier molecular flexibility index (Phi) is 4.89. The number of pyridine rings is 1. The number of hydrogen-bond acceptors (Lipinski definition) is 5. The van der Waals surface area contributed by atoms with E-state index in [9.17, 15) is 9.59 Å². The number of carbonyl (C=O) groups excluding carboxylic acids is 2. The minimum absolute atomic E-state index is 0.0223. The highest BCUT2D eigenvalue weighted by Crippen LogP contribution is 2.36. The zero-order chi connectivity index (χ0) is 17.1. The molecule has 1 aliphatic heterocycles. The second-order valence-corrected chi connectivity index (χ2v) is 6.79. The number of carbonyl (C=O) groups is 2. The molecule has 0 spiro atoms. The van der Waals surface area contributed by atoms with Crippen LogP contribution in [-0.2, 0) is 22.6 Å².